The van der Waals surface area contributed by atoms with Gasteiger partial charge in [0.15, 0.2) is 0 Å². The van der Waals surface area contributed by atoms with Crippen LogP contribution in [-0.2, 0) is 0 Å². The van der Waals surface area contributed by atoms with Crippen LogP contribution in [-0.4, -0.2) is 36.0 Å². The first kappa shape index (κ1) is 14.9. The lowest BCUT2D eigenvalue weighted by atomic mass is 10.1. The van der Waals surface area contributed by atoms with Gasteiger partial charge >= 0.3 is 0 Å². The van der Waals surface area contributed by atoms with E-state index in [9.17, 15) is 5.11 Å². The van der Waals surface area contributed by atoms with Gasteiger partial charge in [0, 0.05) is 13.2 Å². The number of hydrogen-bond donors (Lipinski definition) is 3. The first-order valence-corrected chi connectivity index (χ1v) is 6.31. The Kier molecular flexibility index (Phi) is 11.9. The Labute approximate surface area is 93.9 Å². The van der Waals surface area contributed by atoms with E-state index in [2.05, 4.69) is 12.2 Å². The molecular formula is C12H27NO2. The molecule has 0 heterocycles. The van der Waals surface area contributed by atoms with Gasteiger partial charge in [0.05, 0.1) is 6.10 Å². The Morgan fingerprint density at radius 3 is 2.53 bits per heavy atom. The van der Waals surface area contributed by atoms with Crippen LogP contribution in [0.5, 0.6) is 0 Å². The molecule has 15 heavy (non-hydrogen) atoms. The van der Waals surface area contributed by atoms with Crippen molar-refractivity contribution in [1.29, 1.82) is 0 Å². The van der Waals surface area contributed by atoms with Gasteiger partial charge in [-0.15, -0.1) is 0 Å². The van der Waals surface area contributed by atoms with Crippen molar-refractivity contribution >= 4 is 0 Å². The number of aliphatic hydroxyl groups is 2. The zero-order valence-corrected chi connectivity index (χ0v) is 10.0. The van der Waals surface area contributed by atoms with Gasteiger partial charge in [0.2, 0.25) is 0 Å². The molecule has 0 spiro atoms. The molecule has 3 N–H and O–H groups in total. The van der Waals surface area contributed by atoms with Crippen LogP contribution in [0.1, 0.15) is 51.9 Å². The number of nitrogens with one attached hydrogen (secondary N) is 1. The highest BCUT2D eigenvalue weighted by molar-refractivity contribution is 4.59. The van der Waals surface area contributed by atoms with E-state index in [4.69, 9.17) is 5.11 Å². The summed E-state index contributed by atoms with van der Waals surface area (Å²) in [5.41, 5.74) is 0. The lowest BCUT2D eigenvalue weighted by Crippen LogP contribution is -2.27. The van der Waals surface area contributed by atoms with Crippen molar-refractivity contribution in [3.8, 4) is 0 Å². The molecule has 0 aliphatic carbocycles. The summed E-state index contributed by atoms with van der Waals surface area (Å²) in [4.78, 5) is 0. The highest BCUT2D eigenvalue weighted by Crippen LogP contribution is 2.04. The van der Waals surface area contributed by atoms with Gasteiger partial charge in [-0.2, -0.15) is 0 Å². The van der Waals surface area contributed by atoms with Crippen LogP contribution >= 0.6 is 0 Å². The Morgan fingerprint density at radius 2 is 1.87 bits per heavy atom. The summed E-state index contributed by atoms with van der Waals surface area (Å²) >= 11 is 0. The molecule has 0 aliphatic heterocycles. The fourth-order valence-corrected chi connectivity index (χ4v) is 1.54. The van der Waals surface area contributed by atoms with Crippen LogP contribution < -0.4 is 5.32 Å². The zero-order chi connectivity index (χ0) is 11.4. The van der Waals surface area contributed by atoms with Crippen LogP contribution in [0.3, 0.4) is 0 Å². The summed E-state index contributed by atoms with van der Waals surface area (Å²) < 4.78 is 0. The van der Waals surface area contributed by atoms with Gasteiger partial charge in [-0.05, 0) is 25.8 Å². The predicted octanol–water partition coefficient (Wildman–Crippen LogP) is 1.68. The van der Waals surface area contributed by atoms with Crippen molar-refractivity contribution in [3.63, 3.8) is 0 Å². The van der Waals surface area contributed by atoms with Crippen molar-refractivity contribution in [2.45, 2.75) is 58.0 Å². The lowest BCUT2D eigenvalue weighted by molar-refractivity contribution is 0.157. The van der Waals surface area contributed by atoms with Crippen molar-refractivity contribution in [2.24, 2.45) is 0 Å². The van der Waals surface area contributed by atoms with Gasteiger partial charge < -0.3 is 15.5 Å². The lowest BCUT2D eigenvalue weighted by Gasteiger charge is -2.11. The van der Waals surface area contributed by atoms with E-state index in [1.165, 1.54) is 19.3 Å². The molecule has 0 saturated carbocycles. The van der Waals surface area contributed by atoms with Crippen LogP contribution in [0, 0.1) is 0 Å². The van der Waals surface area contributed by atoms with Crippen LogP contribution in [0.2, 0.25) is 0 Å². The fraction of sp³-hybridized carbons (Fsp3) is 1.00. The second-order valence-corrected chi connectivity index (χ2v) is 4.14. The van der Waals surface area contributed by atoms with Crippen LogP contribution in [0.25, 0.3) is 0 Å². The van der Waals surface area contributed by atoms with Gasteiger partial charge in [-0.1, -0.05) is 32.6 Å². The SMILES string of the molecule is CCCCCCC(O)CNCCCCO. The van der Waals surface area contributed by atoms with E-state index in [-0.39, 0.29) is 12.7 Å². The molecule has 0 amide bonds. The second kappa shape index (κ2) is 12.0. The molecule has 3 nitrogen and oxygen atoms in total. The Balaban J connectivity index is 3.08. The average Bonchev–Trinajstić information content (AvgIpc) is 2.24. The third-order valence-corrected chi connectivity index (χ3v) is 2.53. The fourth-order valence-electron chi connectivity index (χ4n) is 1.54. The molecule has 0 rings (SSSR count). The second-order valence-electron chi connectivity index (χ2n) is 4.14. The maximum Gasteiger partial charge on any atom is 0.0664 e. The van der Waals surface area contributed by atoms with Crippen LogP contribution in [0.15, 0.2) is 0 Å². The molecular weight excluding hydrogens is 190 g/mol. The maximum absolute atomic E-state index is 9.59. The molecule has 0 aromatic carbocycles. The van der Waals surface area contributed by atoms with E-state index in [0.717, 1.165) is 32.2 Å². The molecule has 1 atom stereocenters. The number of hydrogen-bond acceptors (Lipinski definition) is 3. The molecule has 0 radical (unpaired) electrons. The van der Waals surface area contributed by atoms with E-state index < -0.39 is 0 Å². The van der Waals surface area contributed by atoms with Crippen LogP contribution in [0.4, 0.5) is 0 Å². The highest BCUT2D eigenvalue weighted by atomic mass is 16.3. The first-order chi connectivity index (χ1) is 7.31. The van der Waals surface area contributed by atoms with Gasteiger partial charge in [-0.25, -0.2) is 0 Å². The molecule has 0 saturated heterocycles. The topological polar surface area (TPSA) is 52.5 Å². The normalized spacial score (nSPS) is 13.0. The van der Waals surface area contributed by atoms with Crippen molar-refractivity contribution < 1.29 is 10.2 Å². The molecule has 1 unspecified atom stereocenters. The minimum atomic E-state index is -0.198. The quantitative estimate of drug-likeness (QED) is 0.462. The van der Waals surface area contributed by atoms with Crippen molar-refractivity contribution in [3.05, 3.63) is 0 Å². The summed E-state index contributed by atoms with van der Waals surface area (Å²) in [6, 6.07) is 0. The Hall–Kier alpha value is -0.120. The number of unbranched alkanes of at least 4 members (excludes halogenated alkanes) is 4. The smallest absolute Gasteiger partial charge is 0.0664 e. The molecule has 0 aliphatic rings. The minimum Gasteiger partial charge on any atom is -0.396 e. The summed E-state index contributed by atoms with van der Waals surface area (Å²) in [5.74, 6) is 0. The van der Waals surface area contributed by atoms with Crippen molar-refractivity contribution in [1.82, 2.24) is 5.32 Å². The monoisotopic (exact) mass is 217 g/mol. The zero-order valence-electron chi connectivity index (χ0n) is 10.0. The van der Waals surface area contributed by atoms with E-state index >= 15 is 0 Å². The molecule has 0 aromatic heterocycles. The third-order valence-electron chi connectivity index (χ3n) is 2.53. The summed E-state index contributed by atoms with van der Waals surface area (Å²) in [5, 5.41) is 21.4. The highest BCUT2D eigenvalue weighted by Gasteiger charge is 2.02. The molecule has 0 fully saturated rings. The third kappa shape index (κ3) is 11.8. The summed E-state index contributed by atoms with van der Waals surface area (Å²) in [6.07, 6.45) is 7.43. The summed E-state index contributed by atoms with van der Waals surface area (Å²) in [6.45, 7) is 4.05. The molecule has 0 aromatic rings. The standard InChI is InChI=1S/C12H27NO2/c1-2-3-4-5-8-12(15)11-13-9-6-7-10-14/h12-15H,2-11H2,1H3. The van der Waals surface area contributed by atoms with E-state index in [1.54, 1.807) is 0 Å². The van der Waals surface area contributed by atoms with E-state index in [1.807, 2.05) is 0 Å². The predicted molar refractivity (Wildman–Crippen MR) is 64.0 cm³/mol. The van der Waals surface area contributed by atoms with Gasteiger partial charge in [0.25, 0.3) is 0 Å². The Morgan fingerprint density at radius 1 is 1.07 bits per heavy atom. The molecule has 92 valence electrons. The van der Waals surface area contributed by atoms with Crippen molar-refractivity contribution in [2.75, 3.05) is 19.7 Å². The molecule has 3 heteroatoms. The first-order valence-electron chi connectivity index (χ1n) is 6.31. The Bertz CT molecular complexity index is 120. The van der Waals surface area contributed by atoms with E-state index in [0.29, 0.717) is 6.54 Å². The summed E-state index contributed by atoms with van der Waals surface area (Å²) in [7, 11) is 0. The average molecular weight is 217 g/mol. The largest absolute Gasteiger partial charge is 0.396 e. The van der Waals surface area contributed by atoms with Gasteiger partial charge in [-0.3, -0.25) is 0 Å². The maximum atomic E-state index is 9.59. The van der Waals surface area contributed by atoms with Gasteiger partial charge in [0.1, 0.15) is 0 Å². The number of aliphatic hydroxyl groups excluding tert-OH is 2. The molecule has 0 bridgehead atoms. The minimum absolute atomic E-state index is 0.198. The number of rotatable bonds is 11.